The van der Waals surface area contributed by atoms with Gasteiger partial charge in [-0.15, -0.1) is 0 Å². The monoisotopic (exact) mass is 443 g/mol. The maximum Gasteiger partial charge on any atom is 0.417 e. The molecule has 0 unspecified atom stereocenters. The summed E-state index contributed by atoms with van der Waals surface area (Å²) in [5, 5.41) is 4.35. The van der Waals surface area contributed by atoms with Crippen molar-refractivity contribution < 1.29 is 18.0 Å². The van der Waals surface area contributed by atoms with Crippen molar-refractivity contribution in [1.82, 2.24) is 15.0 Å². The number of anilines is 2. The predicted octanol–water partition coefficient (Wildman–Crippen LogP) is 6.01. The van der Waals surface area contributed by atoms with E-state index in [1.54, 1.807) is 12.3 Å². The lowest BCUT2D eigenvalue weighted by molar-refractivity contribution is -0.137. The van der Waals surface area contributed by atoms with Gasteiger partial charge in [0.1, 0.15) is 11.3 Å². The van der Waals surface area contributed by atoms with Crippen LogP contribution < -0.4 is 10.6 Å². The number of nitrogens with zero attached hydrogens (tertiary/aromatic N) is 3. The van der Waals surface area contributed by atoms with Crippen molar-refractivity contribution >= 4 is 40.3 Å². The SMILES string of the molecule is O=C(Nc1ccc(Cl)c(C(F)(F)F)c1)Nc1ccc2ncc(-c3ccccc3)nc2n1. The highest BCUT2D eigenvalue weighted by molar-refractivity contribution is 6.31. The van der Waals surface area contributed by atoms with Crippen LogP contribution in [-0.4, -0.2) is 21.0 Å². The molecular formula is C21H13ClF3N5O. The molecule has 0 aliphatic carbocycles. The van der Waals surface area contributed by atoms with Gasteiger partial charge in [0.05, 0.1) is 22.5 Å². The summed E-state index contributed by atoms with van der Waals surface area (Å²) in [6.07, 6.45) is -3.02. The molecule has 6 nitrogen and oxygen atoms in total. The van der Waals surface area contributed by atoms with E-state index in [0.717, 1.165) is 17.7 Å². The Hall–Kier alpha value is -3.72. The van der Waals surface area contributed by atoms with Crippen molar-refractivity contribution in [2.24, 2.45) is 0 Å². The topological polar surface area (TPSA) is 79.8 Å². The maximum absolute atomic E-state index is 13.0. The highest BCUT2D eigenvalue weighted by Gasteiger charge is 2.33. The number of halogens is 4. The third-order valence-electron chi connectivity index (χ3n) is 4.25. The number of benzene rings is 2. The molecule has 0 saturated carbocycles. The van der Waals surface area contributed by atoms with Crippen LogP contribution in [0.2, 0.25) is 5.02 Å². The highest BCUT2D eigenvalue weighted by Crippen LogP contribution is 2.36. The highest BCUT2D eigenvalue weighted by atomic mass is 35.5. The number of pyridine rings is 1. The van der Waals surface area contributed by atoms with Gasteiger partial charge in [0.25, 0.3) is 0 Å². The fourth-order valence-electron chi connectivity index (χ4n) is 2.81. The zero-order chi connectivity index (χ0) is 22.0. The third kappa shape index (κ3) is 4.72. The van der Waals surface area contributed by atoms with E-state index in [1.165, 1.54) is 12.1 Å². The van der Waals surface area contributed by atoms with Crippen LogP contribution in [0.4, 0.5) is 29.5 Å². The zero-order valence-electron chi connectivity index (χ0n) is 15.6. The van der Waals surface area contributed by atoms with E-state index in [0.29, 0.717) is 16.9 Å². The molecule has 0 aliphatic heterocycles. The Bertz CT molecular complexity index is 1270. The second-order valence-electron chi connectivity index (χ2n) is 6.43. The Morgan fingerprint density at radius 1 is 0.935 bits per heavy atom. The average molecular weight is 444 g/mol. The van der Waals surface area contributed by atoms with Gasteiger partial charge in [-0.3, -0.25) is 10.3 Å². The zero-order valence-corrected chi connectivity index (χ0v) is 16.4. The number of carbonyl (C=O) groups excluding carboxylic acids is 1. The van der Waals surface area contributed by atoms with E-state index in [9.17, 15) is 18.0 Å². The Balaban J connectivity index is 1.54. The number of fused-ring (bicyclic) bond motifs is 1. The summed E-state index contributed by atoms with van der Waals surface area (Å²) in [4.78, 5) is 25.3. The van der Waals surface area contributed by atoms with Gasteiger partial charge in [-0.1, -0.05) is 41.9 Å². The summed E-state index contributed by atoms with van der Waals surface area (Å²) in [5.74, 6) is 0.162. The second kappa shape index (κ2) is 8.19. The fourth-order valence-corrected chi connectivity index (χ4v) is 3.04. The van der Waals surface area contributed by atoms with Crippen LogP contribution in [-0.2, 0) is 6.18 Å². The molecule has 0 atom stereocenters. The lowest BCUT2D eigenvalue weighted by Gasteiger charge is -2.12. The number of urea groups is 1. The van der Waals surface area contributed by atoms with Gasteiger partial charge in [-0.25, -0.2) is 14.8 Å². The number of alkyl halides is 3. The van der Waals surface area contributed by atoms with Crippen LogP contribution >= 0.6 is 11.6 Å². The third-order valence-corrected chi connectivity index (χ3v) is 4.58. The molecule has 0 aliphatic rings. The molecule has 0 bridgehead atoms. The van der Waals surface area contributed by atoms with Gasteiger partial charge >= 0.3 is 12.2 Å². The van der Waals surface area contributed by atoms with Crippen molar-refractivity contribution in [2.75, 3.05) is 10.6 Å². The van der Waals surface area contributed by atoms with Crippen LogP contribution in [0.1, 0.15) is 5.56 Å². The Kier molecular flexibility index (Phi) is 5.43. The molecular weight excluding hydrogens is 431 g/mol. The molecule has 10 heteroatoms. The summed E-state index contributed by atoms with van der Waals surface area (Å²) in [5.41, 5.74) is 1.20. The summed E-state index contributed by atoms with van der Waals surface area (Å²) in [6, 6.07) is 14.9. The van der Waals surface area contributed by atoms with Crippen molar-refractivity contribution in [3.63, 3.8) is 0 Å². The first kappa shape index (κ1) is 20.5. The van der Waals surface area contributed by atoms with Crippen LogP contribution in [0.5, 0.6) is 0 Å². The first-order valence-corrected chi connectivity index (χ1v) is 9.31. The van der Waals surface area contributed by atoms with E-state index in [-0.39, 0.29) is 11.5 Å². The summed E-state index contributed by atoms with van der Waals surface area (Å²) >= 11 is 5.59. The number of hydrogen-bond donors (Lipinski definition) is 2. The van der Waals surface area contributed by atoms with Crippen LogP contribution in [0.15, 0.2) is 66.9 Å². The molecule has 31 heavy (non-hydrogen) atoms. The fraction of sp³-hybridized carbons (Fsp3) is 0.0476. The van der Waals surface area contributed by atoms with Gasteiger partial charge in [0, 0.05) is 11.3 Å². The number of aromatic nitrogens is 3. The Labute approximate surface area is 179 Å². The van der Waals surface area contributed by atoms with Crippen LogP contribution in [0.3, 0.4) is 0 Å². The molecule has 2 aromatic heterocycles. The van der Waals surface area contributed by atoms with E-state index in [4.69, 9.17) is 11.6 Å². The molecule has 156 valence electrons. The summed E-state index contributed by atoms with van der Waals surface area (Å²) in [7, 11) is 0. The standard InChI is InChI=1S/C21H13ClF3N5O/c22-15-7-6-13(10-14(15)21(23,24)25)27-20(31)30-18-9-8-16-19(29-18)28-17(11-26-16)12-4-2-1-3-5-12/h1-11H,(H2,27,28,29,30,31). The largest absolute Gasteiger partial charge is 0.417 e. The molecule has 2 N–H and O–H groups in total. The van der Waals surface area contributed by atoms with E-state index in [2.05, 4.69) is 25.6 Å². The molecule has 0 spiro atoms. The number of carbonyl (C=O) groups is 1. The lowest BCUT2D eigenvalue weighted by Crippen LogP contribution is -2.20. The molecule has 0 radical (unpaired) electrons. The molecule has 0 saturated heterocycles. The first-order valence-electron chi connectivity index (χ1n) is 8.93. The van der Waals surface area contributed by atoms with E-state index in [1.807, 2.05) is 30.3 Å². The number of nitrogens with one attached hydrogen (secondary N) is 2. The van der Waals surface area contributed by atoms with Crippen molar-refractivity contribution in [3.8, 4) is 11.3 Å². The predicted molar refractivity (Wildman–Crippen MR) is 112 cm³/mol. The summed E-state index contributed by atoms with van der Waals surface area (Å²) in [6.45, 7) is 0. The number of amides is 2. The van der Waals surface area contributed by atoms with Crippen molar-refractivity contribution in [2.45, 2.75) is 6.18 Å². The minimum absolute atomic E-state index is 0.0684. The lowest BCUT2D eigenvalue weighted by atomic mass is 10.2. The minimum Gasteiger partial charge on any atom is -0.308 e. The van der Waals surface area contributed by atoms with Gasteiger partial charge in [-0.05, 0) is 30.3 Å². The molecule has 0 fully saturated rings. The smallest absolute Gasteiger partial charge is 0.308 e. The van der Waals surface area contributed by atoms with Gasteiger partial charge in [0.2, 0.25) is 0 Å². The average Bonchev–Trinajstić information content (AvgIpc) is 2.74. The Morgan fingerprint density at radius 2 is 1.71 bits per heavy atom. The van der Waals surface area contributed by atoms with Crippen LogP contribution in [0.25, 0.3) is 22.4 Å². The van der Waals surface area contributed by atoms with Crippen LogP contribution in [0, 0.1) is 0 Å². The first-order chi connectivity index (χ1) is 14.8. The number of rotatable bonds is 3. The maximum atomic E-state index is 13.0. The molecule has 2 heterocycles. The van der Waals surface area contributed by atoms with Gasteiger partial charge < -0.3 is 5.32 Å². The quantitative estimate of drug-likeness (QED) is 0.406. The molecule has 4 aromatic rings. The Morgan fingerprint density at radius 3 is 2.45 bits per heavy atom. The normalized spacial score (nSPS) is 11.4. The van der Waals surface area contributed by atoms with Gasteiger partial charge in [-0.2, -0.15) is 13.2 Å². The van der Waals surface area contributed by atoms with Crippen molar-refractivity contribution in [1.29, 1.82) is 0 Å². The van der Waals surface area contributed by atoms with Crippen molar-refractivity contribution in [3.05, 3.63) is 77.4 Å². The second-order valence-corrected chi connectivity index (χ2v) is 6.84. The van der Waals surface area contributed by atoms with E-state index < -0.39 is 22.8 Å². The summed E-state index contributed by atoms with van der Waals surface area (Å²) < 4.78 is 38.9. The minimum atomic E-state index is -4.64. The molecule has 2 aromatic carbocycles. The van der Waals surface area contributed by atoms with E-state index >= 15 is 0 Å². The molecule has 2 amide bonds. The molecule has 4 rings (SSSR count). The van der Waals surface area contributed by atoms with Gasteiger partial charge in [0.15, 0.2) is 5.65 Å². The number of hydrogen-bond acceptors (Lipinski definition) is 4.